The molecular formula is C8H6ClFN4O. The van der Waals surface area contributed by atoms with Crippen molar-refractivity contribution in [1.82, 2.24) is 19.7 Å². The van der Waals surface area contributed by atoms with E-state index in [4.69, 9.17) is 11.6 Å². The second kappa shape index (κ2) is 3.47. The molecule has 78 valence electrons. The van der Waals surface area contributed by atoms with Crippen molar-refractivity contribution < 1.29 is 4.39 Å². The number of hydrogen-bond donors (Lipinski definition) is 1. The molecule has 0 atom stereocenters. The van der Waals surface area contributed by atoms with Gasteiger partial charge in [0.25, 0.3) is 5.56 Å². The maximum atomic E-state index is 13.3. The lowest BCUT2D eigenvalue weighted by molar-refractivity contribution is 0.617. The van der Waals surface area contributed by atoms with E-state index in [1.54, 1.807) is 0 Å². The van der Waals surface area contributed by atoms with Crippen molar-refractivity contribution in [3.8, 4) is 11.3 Å². The van der Waals surface area contributed by atoms with Crippen molar-refractivity contribution in [2.45, 2.75) is 0 Å². The Hall–Kier alpha value is -1.69. The summed E-state index contributed by atoms with van der Waals surface area (Å²) in [7, 11) is 1.52. The summed E-state index contributed by atoms with van der Waals surface area (Å²) in [6, 6.07) is 0. The topological polar surface area (TPSA) is 63.6 Å². The van der Waals surface area contributed by atoms with Crippen LogP contribution in [0.3, 0.4) is 0 Å². The smallest absolute Gasteiger partial charge is 0.275 e. The van der Waals surface area contributed by atoms with E-state index in [1.807, 2.05) is 0 Å². The maximum absolute atomic E-state index is 13.3. The molecule has 0 unspecified atom stereocenters. The zero-order chi connectivity index (χ0) is 11.0. The van der Waals surface area contributed by atoms with Gasteiger partial charge in [-0.25, -0.2) is 14.4 Å². The lowest BCUT2D eigenvalue weighted by Crippen LogP contribution is -2.14. The molecule has 0 spiro atoms. The Labute approximate surface area is 88.5 Å². The molecule has 0 amide bonds. The van der Waals surface area contributed by atoms with E-state index < -0.39 is 5.82 Å². The van der Waals surface area contributed by atoms with Gasteiger partial charge >= 0.3 is 0 Å². The lowest BCUT2D eigenvalue weighted by Gasteiger charge is -1.97. The fourth-order valence-corrected chi connectivity index (χ4v) is 1.30. The number of halogens is 2. The van der Waals surface area contributed by atoms with Gasteiger partial charge in [-0.05, 0) is 11.6 Å². The minimum Gasteiger partial charge on any atom is -0.302 e. The Morgan fingerprint density at radius 3 is 2.93 bits per heavy atom. The monoisotopic (exact) mass is 228 g/mol. The van der Waals surface area contributed by atoms with E-state index in [9.17, 15) is 9.18 Å². The number of aromatic nitrogens is 4. The fourth-order valence-electron chi connectivity index (χ4n) is 1.17. The number of rotatable bonds is 1. The van der Waals surface area contributed by atoms with Crippen LogP contribution in [-0.4, -0.2) is 19.7 Å². The number of aryl methyl sites for hydroxylation is 1. The second-order valence-corrected chi connectivity index (χ2v) is 3.22. The molecule has 0 saturated heterocycles. The molecule has 0 aliphatic heterocycles. The van der Waals surface area contributed by atoms with Crippen LogP contribution >= 0.6 is 11.6 Å². The Morgan fingerprint density at radius 1 is 1.60 bits per heavy atom. The van der Waals surface area contributed by atoms with Gasteiger partial charge in [0, 0.05) is 13.2 Å². The van der Waals surface area contributed by atoms with Crippen molar-refractivity contribution >= 4 is 11.6 Å². The molecule has 2 aromatic rings. The summed E-state index contributed by atoms with van der Waals surface area (Å²) in [5.74, 6) is -0.684. The highest BCUT2D eigenvalue weighted by atomic mass is 35.5. The van der Waals surface area contributed by atoms with Gasteiger partial charge in [-0.2, -0.15) is 0 Å². The Bertz CT molecular complexity index is 562. The predicted molar refractivity (Wildman–Crippen MR) is 52.0 cm³/mol. The van der Waals surface area contributed by atoms with E-state index >= 15 is 0 Å². The summed E-state index contributed by atoms with van der Waals surface area (Å²) in [5.41, 5.74) is -0.347. The molecule has 15 heavy (non-hydrogen) atoms. The first kappa shape index (κ1) is 9.85. The second-order valence-electron chi connectivity index (χ2n) is 2.89. The molecule has 0 aliphatic rings. The minimum atomic E-state index is -0.684. The number of nitrogens with zero attached hydrogens (tertiary/aromatic N) is 3. The van der Waals surface area contributed by atoms with Crippen LogP contribution in [0.25, 0.3) is 11.3 Å². The lowest BCUT2D eigenvalue weighted by atomic mass is 10.2. The van der Waals surface area contributed by atoms with Gasteiger partial charge in [-0.15, -0.1) is 0 Å². The van der Waals surface area contributed by atoms with E-state index in [2.05, 4.69) is 15.1 Å². The van der Waals surface area contributed by atoms with Gasteiger partial charge in [-0.3, -0.25) is 9.48 Å². The minimum absolute atomic E-state index is 0.100. The molecule has 2 heterocycles. The van der Waals surface area contributed by atoms with E-state index in [1.165, 1.54) is 17.9 Å². The highest BCUT2D eigenvalue weighted by molar-refractivity contribution is 6.28. The van der Waals surface area contributed by atoms with Gasteiger partial charge in [0.2, 0.25) is 5.28 Å². The van der Waals surface area contributed by atoms with Gasteiger partial charge < -0.3 is 5.10 Å². The van der Waals surface area contributed by atoms with Crippen LogP contribution in [0.1, 0.15) is 0 Å². The Balaban J connectivity index is 2.69. The van der Waals surface area contributed by atoms with Gasteiger partial charge in [0.15, 0.2) is 5.82 Å². The van der Waals surface area contributed by atoms with E-state index in [-0.39, 0.29) is 22.1 Å². The fraction of sp³-hybridized carbons (Fsp3) is 0.125. The van der Waals surface area contributed by atoms with E-state index in [0.29, 0.717) is 0 Å². The standard InChI is InChI=1S/C8H6ClFN4O/c1-14-7(15)4(2-12-14)6-5(10)3-11-8(9)13-6/h2-3,12H,1H3. The molecule has 2 rings (SSSR count). The zero-order valence-electron chi connectivity index (χ0n) is 7.66. The van der Waals surface area contributed by atoms with Crippen molar-refractivity contribution in [2.24, 2.45) is 7.05 Å². The largest absolute Gasteiger partial charge is 0.302 e. The van der Waals surface area contributed by atoms with Crippen LogP contribution in [0.15, 0.2) is 17.2 Å². The van der Waals surface area contributed by atoms with Crippen molar-refractivity contribution in [1.29, 1.82) is 0 Å². The SMILES string of the molecule is Cn1[nH]cc(-c2nc(Cl)ncc2F)c1=O. The highest BCUT2D eigenvalue weighted by Gasteiger charge is 2.14. The summed E-state index contributed by atoms with van der Waals surface area (Å²) >= 11 is 5.52. The molecular weight excluding hydrogens is 223 g/mol. The number of hydrogen-bond acceptors (Lipinski definition) is 3. The van der Waals surface area contributed by atoms with Crippen molar-refractivity contribution in [3.05, 3.63) is 33.8 Å². The van der Waals surface area contributed by atoms with Crippen LogP contribution in [-0.2, 0) is 7.05 Å². The van der Waals surface area contributed by atoms with Crippen LogP contribution in [0, 0.1) is 5.82 Å². The summed E-state index contributed by atoms with van der Waals surface area (Å²) < 4.78 is 14.5. The highest BCUT2D eigenvalue weighted by Crippen LogP contribution is 2.16. The zero-order valence-corrected chi connectivity index (χ0v) is 8.42. The average Bonchev–Trinajstić information content (AvgIpc) is 2.52. The van der Waals surface area contributed by atoms with Crippen LogP contribution in [0.2, 0.25) is 5.28 Å². The molecule has 5 nitrogen and oxygen atoms in total. The summed E-state index contributed by atoms with van der Waals surface area (Å²) in [6.07, 6.45) is 2.29. The molecule has 0 bridgehead atoms. The molecule has 1 N–H and O–H groups in total. The van der Waals surface area contributed by atoms with Gasteiger partial charge in [0.05, 0.1) is 11.8 Å². The molecule has 0 aromatic carbocycles. The molecule has 0 fully saturated rings. The summed E-state index contributed by atoms with van der Waals surface area (Å²) in [6.45, 7) is 0. The molecule has 0 radical (unpaired) electrons. The Morgan fingerprint density at radius 2 is 2.33 bits per heavy atom. The Kier molecular flexibility index (Phi) is 2.28. The molecule has 0 aliphatic carbocycles. The summed E-state index contributed by atoms with van der Waals surface area (Å²) in [5, 5.41) is 2.51. The first-order chi connectivity index (χ1) is 7.09. The molecule has 2 aromatic heterocycles. The van der Waals surface area contributed by atoms with Crippen LogP contribution in [0.4, 0.5) is 4.39 Å². The van der Waals surface area contributed by atoms with Crippen LogP contribution in [0.5, 0.6) is 0 Å². The van der Waals surface area contributed by atoms with Gasteiger partial charge in [0.1, 0.15) is 5.69 Å². The molecule has 0 saturated carbocycles. The normalized spacial score (nSPS) is 10.6. The number of aromatic amines is 1. The van der Waals surface area contributed by atoms with Crippen LogP contribution < -0.4 is 5.56 Å². The third kappa shape index (κ3) is 1.63. The van der Waals surface area contributed by atoms with Crippen molar-refractivity contribution in [3.63, 3.8) is 0 Å². The predicted octanol–water partition coefficient (Wildman–Crippen LogP) is 0.963. The quantitative estimate of drug-likeness (QED) is 0.740. The first-order valence-electron chi connectivity index (χ1n) is 4.02. The number of nitrogens with one attached hydrogen (secondary N) is 1. The maximum Gasteiger partial charge on any atom is 0.275 e. The average molecular weight is 229 g/mol. The summed E-state index contributed by atoms with van der Waals surface area (Å²) in [4.78, 5) is 18.6. The number of H-pyrrole nitrogens is 1. The first-order valence-corrected chi connectivity index (χ1v) is 4.40. The van der Waals surface area contributed by atoms with E-state index in [0.717, 1.165) is 6.20 Å². The molecule has 7 heteroatoms. The van der Waals surface area contributed by atoms with Gasteiger partial charge in [-0.1, -0.05) is 0 Å². The third-order valence-corrected chi connectivity index (χ3v) is 2.09. The van der Waals surface area contributed by atoms with Crippen molar-refractivity contribution in [2.75, 3.05) is 0 Å². The third-order valence-electron chi connectivity index (χ3n) is 1.91.